The van der Waals surface area contributed by atoms with Crippen LogP contribution in [0.5, 0.6) is 0 Å². The van der Waals surface area contributed by atoms with Crippen LogP contribution in [0.3, 0.4) is 0 Å². The summed E-state index contributed by atoms with van der Waals surface area (Å²) in [6, 6.07) is 3.27. The van der Waals surface area contributed by atoms with Gasteiger partial charge in [0.1, 0.15) is 22.7 Å². The number of nitrogens with one attached hydrogen (secondary N) is 1. The molecule has 0 fully saturated rings. The van der Waals surface area contributed by atoms with E-state index in [0.29, 0.717) is 0 Å². The summed E-state index contributed by atoms with van der Waals surface area (Å²) in [5, 5.41) is 0. The van der Waals surface area contributed by atoms with Crippen LogP contribution in [-0.4, -0.2) is 9.97 Å². The number of aromatic nitrogens is 2. The van der Waals surface area contributed by atoms with Crippen LogP contribution in [0.25, 0.3) is 22.4 Å². The first-order chi connectivity index (χ1) is 21.8. The fourth-order valence-electron chi connectivity index (χ4n) is 2.20. The molecule has 0 amide bonds. The van der Waals surface area contributed by atoms with Gasteiger partial charge in [0.15, 0.2) is 23.3 Å². The second-order valence-electron chi connectivity index (χ2n) is 5.79. The normalized spacial score (nSPS) is 9.27. The largest absolute Gasteiger partial charge is 0.398 e. The van der Waals surface area contributed by atoms with Gasteiger partial charge in [-0.25, -0.2) is 26.9 Å². The molecular formula is C13H6F5N3S24. The summed E-state index contributed by atoms with van der Waals surface area (Å²) in [6.07, 6.45) is 0. The smallest absolute Gasteiger partial charge is 0.199 e. The van der Waals surface area contributed by atoms with Crippen molar-refractivity contribution in [1.29, 1.82) is 0 Å². The summed E-state index contributed by atoms with van der Waals surface area (Å²) in [5.41, 5.74) is 4.34. The third-order valence-corrected chi connectivity index (χ3v) is 50.2. The van der Waals surface area contributed by atoms with Crippen molar-refractivity contribution in [2.24, 2.45) is 0 Å². The van der Waals surface area contributed by atoms with E-state index in [-0.39, 0.29) is 17.1 Å². The molecule has 0 saturated heterocycles. The molecule has 3 aromatic rings. The van der Waals surface area contributed by atoms with Gasteiger partial charge in [-0.3, -0.25) is 0 Å². The lowest BCUT2D eigenvalue weighted by atomic mass is 10.1. The molecule has 3 nitrogen and oxygen atoms in total. The standard InChI is InChI=1S/C13H6F5N3.S24/c14-4-1-2-5(6(19)3-4)13-20-11-9(17)7(15)8(16)10(18)12(11)21-13;1-3-5-7-9-11-13-15-17-19-21-23-24-22-20-18-16-14-12-10-8-6-4-2/h1-3H,19H2,(H,20,21);. The highest BCUT2D eigenvalue weighted by atomic mass is 33.5. The Morgan fingerprint density at radius 1 is 0.533 bits per heavy atom. The predicted molar refractivity (Wildman–Crippen MR) is 242 cm³/mol. The minimum Gasteiger partial charge on any atom is -0.398 e. The fourth-order valence-corrected chi connectivity index (χ4v) is 57.1. The van der Waals surface area contributed by atoms with Crippen LogP contribution >= 0.6 is 0 Å². The number of nitrogens with zero attached hydrogens (tertiary/aromatic N) is 1. The highest BCUT2D eigenvalue weighted by molar-refractivity contribution is 8.79. The zero-order valence-corrected chi connectivity index (χ0v) is 39.5. The molecule has 45 heavy (non-hydrogen) atoms. The maximum Gasteiger partial charge on any atom is 0.199 e. The Balaban J connectivity index is 0.000000315. The first-order valence-electron chi connectivity index (χ1n) is 9.50. The Labute approximate surface area is 324 Å². The first-order valence-corrected chi connectivity index (χ1v) is 40.2. The van der Waals surface area contributed by atoms with E-state index in [1.165, 1.54) is 23.8 Å². The molecule has 1 heterocycles. The van der Waals surface area contributed by atoms with Crippen molar-refractivity contribution in [3.63, 3.8) is 0 Å². The molecule has 0 unspecified atom stereocenters. The second-order valence-corrected chi connectivity index (χ2v) is 44.7. The number of halogens is 5. The van der Waals surface area contributed by atoms with Gasteiger partial charge in [-0.05, 0) is 18.2 Å². The van der Waals surface area contributed by atoms with Gasteiger partial charge < -0.3 is 10.7 Å². The lowest BCUT2D eigenvalue weighted by molar-refractivity contribution is 0.417. The van der Waals surface area contributed by atoms with Gasteiger partial charge in [0.05, 0.1) is 0 Å². The first kappa shape index (κ1) is 43.8. The molecular weight excluding hydrogens is 1060 g/mol. The minimum absolute atomic E-state index is 0.0455. The Morgan fingerprint density at radius 3 is 1.29 bits per heavy atom. The molecule has 252 valence electrons. The van der Waals surface area contributed by atoms with Crippen molar-refractivity contribution in [3.05, 3.63) is 47.3 Å². The van der Waals surface area contributed by atoms with Crippen LogP contribution in [0.15, 0.2) is 18.2 Å². The summed E-state index contributed by atoms with van der Waals surface area (Å²) in [5.74, 6) is -7.85. The fraction of sp³-hybridized carbons (Fsp3) is 0. The summed E-state index contributed by atoms with van der Waals surface area (Å²) >= 11 is 9.54. The Hall–Kier alpha value is 2.64. The number of hydrogen-bond donors (Lipinski definition) is 2. The van der Waals surface area contributed by atoms with E-state index in [2.05, 4.69) is 9.97 Å². The third-order valence-electron chi connectivity index (χ3n) is 3.56. The molecule has 32 heteroatoms. The molecule has 2 aromatic carbocycles. The number of nitrogen functional groups attached to an aromatic ring is 1. The summed E-state index contributed by atoms with van der Waals surface area (Å²) in [7, 11) is 38.1. The number of imidazole rings is 1. The van der Waals surface area contributed by atoms with E-state index in [1.807, 2.05) is 35.5 Å². The van der Waals surface area contributed by atoms with Crippen molar-refractivity contribution in [3.8, 4) is 11.4 Å². The number of nitrogens with two attached hydrogens (primary N) is 1. The van der Waals surface area contributed by atoms with Crippen molar-refractivity contribution in [1.82, 2.24) is 9.97 Å². The van der Waals surface area contributed by atoms with Crippen molar-refractivity contribution < 1.29 is 22.0 Å². The molecule has 1 aromatic heterocycles. The van der Waals surface area contributed by atoms with E-state index in [9.17, 15) is 22.0 Å². The van der Waals surface area contributed by atoms with Crippen molar-refractivity contribution in [2.75, 3.05) is 5.73 Å². The number of rotatable bonds is 1. The van der Waals surface area contributed by atoms with E-state index in [0.717, 1.165) is 12.1 Å². The van der Waals surface area contributed by atoms with Gasteiger partial charge in [-0.2, -0.15) is 0 Å². The van der Waals surface area contributed by atoms with Gasteiger partial charge >= 0.3 is 0 Å². The maximum absolute atomic E-state index is 13.6. The van der Waals surface area contributed by atoms with Crippen LogP contribution in [0.1, 0.15) is 0 Å². The van der Waals surface area contributed by atoms with Gasteiger partial charge in [0, 0.05) is 229 Å². The predicted octanol–water partition coefficient (Wildman–Crippen LogP) is 3.45. The highest BCUT2D eigenvalue weighted by Crippen LogP contribution is 2.30. The SMILES string of the molecule is Nc1cc(F)ccc1-c1nc2c(F)c(F)c(F)c(F)c2[nH]1.S=S=S=S=S=S=S=S=S=S=S=S=S=S=S=S=S=S=S=S=S=S=S=S. The number of fused-ring (bicyclic) bond motifs is 1. The topological polar surface area (TPSA) is 54.7 Å². The molecule has 0 bridgehead atoms. The van der Waals surface area contributed by atoms with Crippen LogP contribution < -0.4 is 5.73 Å². The second kappa shape index (κ2) is 27.3. The van der Waals surface area contributed by atoms with Gasteiger partial charge in [0.25, 0.3) is 0 Å². The molecule has 3 N–H and O–H groups in total. The number of hydrogen-bond acceptors (Lipinski definition) is 4. The molecule has 0 spiro atoms. The van der Waals surface area contributed by atoms with E-state index in [1.54, 1.807) is 142 Å². The average Bonchev–Trinajstić information content (AvgIpc) is 3.48. The van der Waals surface area contributed by atoms with Crippen LogP contribution in [-0.2, 0) is 218 Å². The van der Waals surface area contributed by atoms with Gasteiger partial charge in [0.2, 0.25) is 0 Å². The monoisotopic (exact) mass is 1070 g/mol. The van der Waals surface area contributed by atoms with Crippen molar-refractivity contribution in [2.45, 2.75) is 0 Å². The summed E-state index contributed by atoms with van der Waals surface area (Å²) in [4.78, 5) is 5.97. The minimum atomic E-state index is -1.95. The number of aromatic amines is 1. The van der Waals surface area contributed by atoms with Gasteiger partial charge in [-0.15, -0.1) is 0 Å². The van der Waals surface area contributed by atoms with E-state index in [4.69, 9.17) is 28.1 Å². The maximum atomic E-state index is 13.6. The Bertz CT molecular complexity index is 2450. The molecule has 0 atom stereocenters. The van der Waals surface area contributed by atoms with Crippen LogP contribution in [0.4, 0.5) is 27.6 Å². The number of H-pyrrole nitrogens is 1. The zero-order valence-electron chi connectivity index (χ0n) is 19.9. The Kier molecular flexibility index (Phi) is 26.6. The highest BCUT2D eigenvalue weighted by Gasteiger charge is 2.24. The molecule has 3 rings (SSSR count). The van der Waals surface area contributed by atoms with Crippen LogP contribution in [0, 0.1) is 29.1 Å². The summed E-state index contributed by atoms with van der Waals surface area (Å²) in [6.45, 7) is 0. The molecule has 0 aliphatic carbocycles. The third kappa shape index (κ3) is 17.6. The van der Waals surface area contributed by atoms with E-state index >= 15 is 0 Å². The average molecular weight is 1070 g/mol. The van der Waals surface area contributed by atoms with Crippen LogP contribution in [0.2, 0.25) is 0 Å². The number of benzene rings is 2. The Morgan fingerprint density at radius 2 is 0.911 bits per heavy atom. The quantitative estimate of drug-likeness (QED) is 0.170. The lowest BCUT2D eigenvalue weighted by Crippen LogP contribution is -1.97. The molecule has 0 radical (unpaired) electrons. The lowest BCUT2D eigenvalue weighted by Gasteiger charge is -2.01. The molecule has 0 saturated carbocycles. The van der Waals surface area contributed by atoms with Gasteiger partial charge in [-0.1, -0.05) is 0 Å². The molecule has 0 aliphatic heterocycles. The van der Waals surface area contributed by atoms with Crippen molar-refractivity contribution >= 4 is 234 Å². The number of anilines is 1. The zero-order chi connectivity index (χ0) is 32.9. The molecule has 0 aliphatic rings. The van der Waals surface area contributed by atoms with E-state index < -0.39 is 40.1 Å². The summed E-state index contributed by atoms with van der Waals surface area (Å²) < 4.78 is 66.4.